The summed E-state index contributed by atoms with van der Waals surface area (Å²) in [5, 5.41) is 0. The Hall–Kier alpha value is -2.76. The van der Waals surface area contributed by atoms with Gasteiger partial charge >= 0.3 is 0 Å². The van der Waals surface area contributed by atoms with Crippen LogP contribution in [0.15, 0.2) is 36.4 Å². The number of rotatable bonds is 10. The minimum absolute atomic E-state index is 0.0147. The highest BCUT2D eigenvalue weighted by molar-refractivity contribution is 5.32. The molecule has 0 aromatic heterocycles. The maximum atomic E-state index is 14.6. The van der Waals surface area contributed by atoms with E-state index >= 15 is 0 Å². The van der Waals surface area contributed by atoms with Gasteiger partial charge in [-0.15, -0.1) is 0 Å². The van der Waals surface area contributed by atoms with Crippen molar-refractivity contribution < 1.29 is 26.3 Å². The van der Waals surface area contributed by atoms with E-state index in [0.717, 1.165) is 18.6 Å². The number of hydrogen-bond donors (Lipinski definition) is 0. The maximum Gasteiger partial charge on any atom is 0.129 e. The molecule has 6 heteroatoms. The quantitative estimate of drug-likeness (QED) is 0.259. The van der Waals surface area contributed by atoms with Crippen LogP contribution in [0.3, 0.4) is 0 Å². The molecule has 3 aromatic carbocycles. The van der Waals surface area contributed by atoms with Crippen molar-refractivity contribution in [2.24, 2.45) is 0 Å². The highest BCUT2D eigenvalue weighted by Crippen LogP contribution is 2.23. The molecule has 0 saturated carbocycles. The van der Waals surface area contributed by atoms with Crippen molar-refractivity contribution >= 4 is 0 Å². The topological polar surface area (TPSA) is 0 Å². The zero-order valence-corrected chi connectivity index (χ0v) is 19.4. The zero-order valence-electron chi connectivity index (χ0n) is 19.4. The monoisotopic (exact) mass is 478 g/mol. The summed E-state index contributed by atoms with van der Waals surface area (Å²) in [6.07, 6.45) is 2.21. The van der Waals surface area contributed by atoms with Crippen molar-refractivity contribution in [1.29, 1.82) is 0 Å². The Morgan fingerprint density at radius 3 is 0.941 bits per heavy atom. The number of benzene rings is 3. The van der Waals surface area contributed by atoms with Crippen LogP contribution in [0, 0.1) is 34.9 Å². The second kappa shape index (κ2) is 11.6. The summed E-state index contributed by atoms with van der Waals surface area (Å²) in [6, 6.07) is 7.29. The van der Waals surface area contributed by atoms with Gasteiger partial charge in [0.1, 0.15) is 34.9 Å². The van der Waals surface area contributed by atoms with E-state index in [1.165, 1.54) is 24.3 Å². The van der Waals surface area contributed by atoms with Crippen LogP contribution in [-0.2, 0) is 38.5 Å². The van der Waals surface area contributed by atoms with Crippen molar-refractivity contribution in [3.05, 3.63) is 105 Å². The van der Waals surface area contributed by atoms with Gasteiger partial charge in [0, 0.05) is 16.7 Å². The van der Waals surface area contributed by atoms with Gasteiger partial charge in [-0.1, -0.05) is 26.7 Å². The number of halogens is 6. The standard InChI is InChI=1S/C28H28F6/c1-3-5-17-11-25(31)21(26(32)12-17)9-8-19-15-27(33)22(28(34)16-19)10-7-18-13-23(29)20(6-4-2)24(30)14-18/h11-16H,3-10H2,1-2H3. The van der Waals surface area contributed by atoms with Crippen LogP contribution < -0.4 is 0 Å². The van der Waals surface area contributed by atoms with E-state index in [-0.39, 0.29) is 54.4 Å². The first kappa shape index (κ1) is 25.9. The molecule has 0 atom stereocenters. The van der Waals surface area contributed by atoms with Crippen molar-refractivity contribution in [1.82, 2.24) is 0 Å². The molecule has 34 heavy (non-hydrogen) atoms. The zero-order chi connectivity index (χ0) is 24.8. The normalized spacial score (nSPS) is 11.3. The van der Waals surface area contributed by atoms with Gasteiger partial charge in [-0.05, 0) is 91.6 Å². The van der Waals surface area contributed by atoms with Gasteiger partial charge in [-0.25, -0.2) is 26.3 Å². The molecule has 0 radical (unpaired) electrons. The Morgan fingerprint density at radius 2 is 0.647 bits per heavy atom. The van der Waals surface area contributed by atoms with Gasteiger partial charge in [-0.2, -0.15) is 0 Å². The summed E-state index contributed by atoms with van der Waals surface area (Å²) in [5.41, 5.74) is 0.874. The van der Waals surface area contributed by atoms with Gasteiger partial charge in [0.15, 0.2) is 0 Å². The second-order valence-corrected chi connectivity index (χ2v) is 8.61. The first-order valence-corrected chi connectivity index (χ1v) is 11.6. The summed E-state index contributed by atoms with van der Waals surface area (Å²) < 4.78 is 86.1. The number of aryl methyl sites for hydroxylation is 3. The highest BCUT2D eigenvalue weighted by Gasteiger charge is 2.16. The van der Waals surface area contributed by atoms with Gasteiger partial charge < -0.3 is 0 Å². The molecule has 0 spiro atoms. The second-order valence-electron chi connectivity index (χ2n) is 8.61. The largest absolute Gasteiger partial charge is 0.207 e. The molecule has 3 rings (SSSR count). The van der Waals surface area contributed by atoms with E-state index in [9.17, 15) is 26.3 Å². The lowest BCUT2D eigenvalue weighted by Crippen LogP contribution is -2.05. The summed E-state index contributed by atoms with van der Waals surface area (Å²) >= 11 is 0. The fourth-order valence-electron chi connectivity index (χ4n) is 4.19. The van der Waals surface area contributed by atoms with Gasteiger partial charge in [0.05, 0.1) is 0 Å². The molecule has 0 unspecified atom stereocenters. The molecular weight excluding hydrogens is 450 g/mol. The smallest absolute Gasteiger partial charge is 0.129 e. The maximum absolute atomic E-state index is 14.6. The van der Waals surface area contributed by atoms with Crippen LogP contribution in [0.4, 0.5) is 26.3 Å². The van der Waals surface area contributed by atoms with Crippen molar-refractivity contribution in [2.75, 3.05) is 0 Å². The lowest BCUT2D eigenvalue weighted by Gasteiger charge is -2.11. The lowest BCUT2D eigenvalue weighted by molar-refractivity contribution is 0.542. The fourth-order valence-corrected chi connectivity index (χ4v) is 4.19. The van der Waals surface area contributed by atoms with E-state index in [0.29, 0.717) is 24.0 Å². The predicted molar refractivity (Wildman–Crippen MR) is 122 cm³/mol. The molecule has 3 aromatic rings. The van der Waals surface area contributed by atoms with E-state index in [4.69, 9.17) is 0 Å². The summed E-state index contributed by atoms with van der Waals surface area (Å²) in [7, 11) is 0. The Kier molecular flexibility index (Phi) is 8.81. The Labute approximate surface area is 196 Å². The van der Waals surface area contributed by atoms with E-state index in [1.807, 2.05) is 13.8 Å². The third kappa shape index (κ3) is 6.22. The lowest BCUT2D eigenvalue weighted by atomic mass is 9.97. The third-order valence-electron chi connectivity index (χ3n) is 5.97. The van der Waals surface area contributed by atoms with Gasteiger partial charge in [0.25, 0.3) is 0 Å². The molecule has 0 saturated heterocycles. The molecule has 0 N–H and O–H groups in total. The molecule has 0 amide bonds. The average molecular weight is 479 g/mol. The number of hydrogen-bond acceptors (Lipinski definition) is 0. The van der Waals surface area contributed by atoms with E-state index in [1.54, 1.807) is 0 Å². The molecule has 0 aliphatic carbocycles. The van der Waals surface area contributed by atoms with Crippen LogP contribution in [-0.4, -0.2) is 0 Å². The first-order chi connectivity index (χ1) is 16.2. The minimum atomic E-state index is -0.794. The summed E-state index contributed by atoms with van der Waals surface area (Å²) in [6.45, 7) is 3.73. The Morgan fingerprint density at radius 1 is 0.382 bits per heavy atom. The fraction of sp³-hybridized carbons (Fsp3) is 0.357. The molecular formula is C28H28F6. The highest BCUT2D eigenvalue weighted by atomic mass is 19.2. The molecule has 0 bridgehead atoms. The average Bonchev–Trinajstić information content (AvgIpc) is 2.75. The van der Waals surface area contributed by atoms with E-state index < -0.39 is 34.9 Å². The van der Waals surface area contributed by atoms with Gasteiger partial charge in [0.2, 0.25) is 0 Å². The molecule has 182 valence electrons. The van der Waals surface area contributed by atoms with E-state index in [2.05, 4.69) is 0 Å². The van der Waals surface area contributed by atoms with Crippen LogP contribution >= 0.6 is 0 Å². The van der Waals surface area contributed by atoms with Crippen LogP contribution in [0.1, 0.15) is 60.1 Å². The molecule has 0 nitrogen and oxygen atoms in total. The van der Waals surface area contributed by atoms with Crippen LogP contribution in [0.25, 0.3) is 0 Å². The van der Waals surface area contributed by atoms with Crippen LogP contribution in [0.5, 0.6) is 0 Å². The van der Waals surface area contributed by atoms with Crippen molar-refractivity contribution in [2.45, 2.75) is 65.2 Å². The van der Waals surface area contributed by atoms with Crippen molar-refractivity contribution in [3.63, 3.8) is 0 Å². The summed E-state index contributed by atoms with van der Waals surface area (Å²) in [5.74, 6) is -4.22. The first-order valence-electron chi connectivity index (χ1n) is 11.6. The minimum Gasteiger partial charge on any atom is -0.207 e. The Bertz CT molecular complexity index is 1080. The Balaban J connectivity index is 1.70. The van der Waals surface area contributed by atoms with Gasteiger partial charge in [-0.3, -0.25) is 0 Å². The molecule has 0 aliphatic heterocycles. The molecule has 0 fully saturated rings. The molecule has 0 aliphatic rings. The van der Waals surface area contributed by atoms with Crippen molar-refractivity contribution in [3.8, 4) is 0 Å². The summed E-state index contributed by atoms with van der Waals surface area (Å²) in [4.78, 5) is 0. The SMILES string of the molecule is CCCc1cc(F)c(CCc2cc(F)c(CCc3cc(F)c(CCC)c(F)c3)c(F)c2)c(F)c1. The third-order valence-corrected chi connectivity index (χ3v) is 5.97. The molecule has 0 heterocycles. The van der Waals surface area contributed by atoms with Crippen LogP contribution in [0.2, 0.25) is 0 Å². The predicted octanol–water partition coefficient (Wildman–Crippen LogP) is 8.00.